The minimum Gasteiger partial charge on any atom is -0.390 e. The highest BCUT2D eigenvalue weighted by molar-refractivity contribution is 7.90. The summed E-state index contributed by atoms with van der Waals surface area (Å²) in [5.41, 5.74) is 1.94. The van der Waals surface area contributed by atoms with Crippen LogP contribution in [-0.2, 0) is 14.9 Å². The molecular weight excluding hydrogens is 345 g/mol. The number of anilines is 1. The first kappa shape index (κ1) is 18.1. The Morgan fingerprint density at radius 3 is 2.72 bits per heavy atom. The lowest BCUT2D eigenvalue weighted by Crippen LogP contribution is -2.36. The van der Waals surface area contributed by atoms with Gasteiger partial charge < -0.3 is 9.74 Å². The zero-order valence-electron chi connectivity index (χ0n) is 14.5. The lowest BCUT2D eigenvalue weighted by Gasteiger charge is -2.18. The third-order valence-corrected chi connectivity index (χ3v) is 6.40. The van der Waals surface area contributed by atoms with Crippen LogP contribution < -0.4 is 9.62 Å². The molecule has 0 radical (unpaired) electrons. The highest BCUT2D eigenvalue weighted by Gasteiger charge is 2.26. The summed E-state index contributed by atoms with van der Waals surface area (Å²) < 4.78 is 40.5. The van der Waals surface area contributed by atoms with Gasteiger partial charge in [0.15, 0.2) is 0 Å². The maximum absolute atomic E-state index is 14.4. The van der Waals surface area contributed by atoms with Gasteiger partial charge in [-0.3, -0.25) is 0 Å². The normalized spacial score (nSPS) is 20.9. The minimum absolute atomic E-state index is 0.155. The largest absolute Gasteiger partial charge is 0.390 e. The first-order valence-electron chi connectivity index (χ1n) is 8.63. The molecule has 25 heavy (non-hydrogen) atoms. The molecule has 1 atom stereocenters. The van der Waals surface area contributed by atoms with E-state index < -0.39 is 15.3 Å². The van der Waals surface area contributed by atoms with Gasteiger partial charge in [0, 0.05) is 25.1 Å². The van der Waals surface area contributed by atoms with E-state index in [0.29, 0.717) is 23.4 Å². The van der Waals surface area contributed by atoms with Crippen molar-refractivity contribution in [1.29, 1.82) is 0 Å². The quantitative estimate of drug-likeness (QED) is 0.835. The molecule has 8 heteroatoms. The SMILES string of the molecule is CC(C)S(=O)(=O)NC[C@H]1CC(c2ccc(N3CCCC3)c(F)c2)=NO1. The Kier molecular flexibility index (Phi) is 5.29. The molecule has 0 bridgehead atoms. The van der Waals surface area contributed by atoms with Crippen LogP contribution in [0.15, 0.2) is 23.4 Å². The van der Waals surface area contributed by atoms with Crippen molar-refractivity contribution in [2.24, 2.45) is 5.16 Å². The topological polar surface area (TPSA) is 71.0 Å². The Labute approximate surface area is 148 Å². The van der Waals surface area contributed by atoms with Gasteiger partial charge in [-0.05, 0) is 38.8 Å². The molecular formula is C17H24FN3O3S. The van der Waals surface area contributed by atoms with E-state index in [2.05, 4.69) is 14.8 Å². The van der Waals surface area contributed by atoms with Crippen molar-refractivity contribution in [2.75, 3.05) is 24.5 Å². The van der Waals surface area contributed by atoms with Crippen molar-refractivity contribution in [3.63, 3.8) is 0 Å². The molecule has 0 unspecified atom stereocenters. The maximum atomic E-state index is 14.4. The summed E-state index contributed by atoms with van der Waals surface area (Å²) in [4.78, 5) is 7.34. The number of rotatable bonds is 6. The van der Waals surface area contributed by atoms with E-state index in [4.69, 9.17) is 4.84 Å². The standard InChI is InChI=1S/C17H24FN3O3S/c1-12(2)25(22,23)19-11-14-10-16(20-24-14)13-5-6-17(15(18)9-13)21-7-3-4-8-21/h5-6,9,12,14,19H,3-4,7-8,10-11H2,1-2H3/t14-/m1/s1. The molecule has 3 rings (SSSR count). The lowest BCUT2D eigenvalue weighted by molar-refractivity contribution is 0.0891. The van der Waals surface area contributed by atoms with Crippen LogP contribution in [0, 0.1) is 5.82 Å². The molecule has 2 aliphatic heterocycles. The van der Waals surface area contributed by atoms with Crippen molar-refractivity contribution in [3.05, 3.63) is 29.6 Å². The second-order valence-corrected chi connectivity index (χ2v) is 9.09. The van der Waals surface area contributed by atoms with Crippen LogP contribution in [0.5, 0.6) is 0 Å². The maximum Gasteiger partial charge on any atom is 0.214 e. The van der Waals surface area contributed by atoms with Gasteiger partial charge in [-0.25, -0.2) is 17.5 Å². The molecule has 6 nitrogen and oxygen atoms in total. The molecule has 138 valence electrons. The van der Waals surface area contributed by atoms with E-state index in [1.807, 2.05) is 6.07 Å². The second-order valence-electron chi connectivity index (χ2n) is 6.77. The average Bonchev–Trinajstić information content (AvgIpc) is 3.24. The lowest BCUT2D eigenvalue weighted by atomic mass is 10.0. The third kappa shape index (κ3) is 4.12. The minimum atomic E-state index is -3.34. The van der Waals surface area contributed by atoms with Crippen molar-refractivity contribution >= 4 is 21.4 Å². The highest BCUT2D eigenvalue weighted by Crippen LogP contribution is 2.26. The molecule has 0 amide bonds. The van der Waals surface area contributed by atoms with Gasteiger partial charge in [0.25, 0.3) is 0 Å². The Hall–Kier alpha value is -1.67. The molecule has 2 heterocycles. The van der Waals surface area contributed by atoms with E-state index in [-0.39, 0.29) is 18.5 Å². The van der Waals surface area contributed by atoms with Gasteiger partial charge >= 0.3 is 0 Å². The predicted molar refractivity (Wildman–Crippen MR) is 95.9 cm³/mol. The average molecular weight is 369 g/mol. The fraction of sp³-hybridized carbons (Fsp3) is 0.588. The van der Waals surface area contributed by atoms with Crippen LogP contribution in [0.3, 0.4) is 0 Å². The molecule has 1 saturated heterocycles. The van der Waals surface area contributed by atoms with Crippen molar-refractivity contribution in [3.8, 4) is 0 Å². The fourth-order valence-corrected chi connectivity index (χ4v) is 3.74. The second kappa shape index (κ2) is 7.29. The summed E-state index contributed by atoms with van der Waals surface area (Å²) in [6.07, 6.45) is 2.26. The monoisotopic (exact) mass is 369 g/mol. The van der Waals surface area contributed by atoms with E-state index in [9.17, 15) is 12.8 Å². The van der Waals surface area contributed by atoms with Crippen molar-refractivity contribution < 1.29 is 17.6 Å². The van der Waals surface area contributed by atoms with Gasteiger partial charge in [0.05, 0.1) is 23.2 Å². The molecule has 0 saturated carbocycles. The summed E-state index contributed by atoms with van der Waals surface area (Å²) in [6.45, 7) is 5.16. The van der Waals surface area contributed by atoms with Crippen molar-refractivity contribution in [1.82, 2.24) is 4.72 Å². The zero-order chi connectivity index (χ0) is 18.0. The highest BCUT2D eigenvalue weighted by atomic mass is 32.2. The van der Waals surface area contributed by atoms with Crippen LogP contribution in [0.4, 0.5) is 10.1 Å². The molecule has 1 N–H and O–H groups in total. The zero-order valence-corrected chi connectivity index (χ0v) is 15.4. The summed E-state index contributed by atoms with van der Waals surface area (Å²) in [5.74, 6) is -0.258. The smallest absolute Gasteiger partial charge is 0.214 e. The number of benzene rings is 1. The molecule has 0 aromatic heterocycles. The van der Waals surface area contributed by atoms with Gasteiger partial charge in [-0.15, -0.1) is 0 Å². The molecule has 1 aromatic rings. The molecule has 0 aliphatic carbocycles. The van der Waals surface area contributed by atoms with Gasteiger partial charge in [0.2, 0.25) is 10.0 Å². The Morgan fingerprint density at radius 2 is 2.08 bits per heavy atom. The summed E-state index contributed by atoms with van der Waals surface area (Å²) in [6, 6.07) is 5.11. The number of hydrogen-bond donors (Lipinski definition) is 1. The van der Waals surface area contributed by atoms with E-state index in [1.165, 1.54) is 6.07 Å². The van der Waals surface area contributed by atoms with Crippen LogP contribution in [-0.4, -0.2) is 45.1 Å². The van der Waals surface area contributed by atoms with Crippen LogP contribution in [0.25, 0.3) is 0 Å². The third-order valence-electron chi connectivity index (χ3n) is 4.59. The molecule has 0 spiro atoms. The Morgan fingerprint density at radius 1 is 1.36 bits per heavy atom. The first-order valence-corrected chi connectivity index (χ1v) is 10.2. The number of oxime groups is 1. The van der Waals surface area contributed by atoms with Crippen LogP contribution >= 0.6 is 0 Å². The Bertz CT molecular complexity index is 758. The summed E-state index contributed by atoms with van der Waals surface area (Å²) in [5, 5.41) is 3.50. The number of nitrogens with one attached hydrogen (secondary N) is 1. The number of nitrogens with zero attached hydrogens (tertiary/aromatic N) is 2. The van der Waals surface area contributed by atoms with Gasteiger partial charge in [0.1, 0.15) is 11.9 Å². The fourth-order valence-electron chi connectivity index (χ4n) is 2.98. The van der Waals surface area contributed by atoms with Crippen molar-refractivity contribution in [2.45, 2.75) is 44.5 Å². The number of halogens is 1. The summed E-state index contributed by atoms with van der Waals surface area (Å²) in [7, 11) is -3.34. The number of hydrogen-bond acceptors (Lipinski definition) is 5. The molecule has 2 aliphatic rings. The van der Waals surface area contributed by atoms with E-state index >= 15 is 0 Å². The predicted octanol–water partition coefficient (Wildman–Crippen LogP) is 2.25. The summed E-state index contributed by atoms with van der Waals surface area (Å²) >= 11 is 0. The molecule has 1 aromatic carbocycles. The van der Waals surface area contributed by atoms with Crippen LogP contribution in [0.2, 0.25) is 0 Å². The Balaban J connectivity index is 1.61. The van der Waals surface area contributed by atoms with E-state index in [1.54, 1.807) is 19.9 Å². The number of sulfonamides is 1. The van der Waals surface area contributed by atoms with Crippen LogP contribution in [0.1, 0.15) is 38.7 Å². The molecule has 1 fully saturated rings. The van der Waals surface area contributed by atoms with E-state index in [0.717, 1.165) is 25.9 Å². The van der Waals surface area contributed by atoms with Gasteiger partial charge in [-0.2, -0.15) is 0 Å². The van der Waals surface area contributed by atoms with Gasteiger partial charge in [-0.1, -0.05) is 11.2 Å². The first-order chi connectivity index (χ1) is 11.9.